The van der Waals surface area contributed by atoms with Crippen molar-refractivity contribution in [1.29, 1.82) is 16.1 Å². The van der Waals surface area contributed by atoms with Crippen LogP contribution in [0.1, 0.15) is 78.2 Å². The summed E-state index contributed by atoms with van der Waals surface area (Å²) in [4.78, 5) is 14.0. The Labute approximate surface area is 217 Å². The summed E-state index contributed by atoms with van der Waals surface area (Å²) in [5, 5.41) is 29.8. The molecule has 1 heterocycles. The van der Waals surface area contributed by atoms with Gasteiger partial charge < -0.3 is 15.0 Å². The summed E-state index contributed by atoms with van der Waals surface area (Å²) >= 11 is 0. The highest BCUT2D eigenvalue weighted by molar-refractivity contribution is 6.70. The van der Waals surface area contributed by atoms with E-state index in [2.05, 4.69) is 32.1 Å². The lowest BCUT2D eigenvalue weighted by molar-refractivity contribution is 0.0694. The van der Waals surface area contributed by atoms with Crippen molar-refractivity contribution in [1.82, 2.24) is 10.2 Å². The van der Waals surface area contributed by atoms with E-state index in [1.807, 2.05) is 35.2 Å². The second kappa shape index (κ2) is 12.4. The first-order valence-corrected chi connectivity index (χ1v) is 13.5. The molecule has 0 radical (unpaired) electrons. The monoisotopic (exact) mass is 491 g/mol. The van der Waals surface area contributed by atoms with Crippen LogP contribution in [0.15, 0.2) is 30.3 Å². The van der Waals surface area contributed by atoms with E-state index >= 15 is 0 Å². The van der Waals surface area contributed by atoms with Crippen LogP contribution in [0.2, 0.25) is 11.6 Å². The lowest BCUT2D eigenvalue weighted by atomic mass is 9.38. The van der Waals surface area contributed by atoms with E-state index in [9.17, 15) is 10.1 Å². The van der Waals surface area contributed by atoms with E-state index in [0.717, 1.165) is 50.5 Å². The fourth-order valence-electron chi connectivity index (χ4n) is 6.34. The van der Waals surface area contributed by atoms with E-state index in [0.29, 0.717) is 29.9 Å². The van der Waals surface area contributed by atoms with Crippen LogP contribution >= 0.6 is 0 Å². The topological polar surface area (TPSA) is 113 Å². The molecule has 1 saturated heterocycles. The van der Waals surface area contributed by atoms with Crippen LogP contribution in [0.4, 0.5) is 4.79 Å². The second-order valence-electron chi connectivity index (χ2n) is 11.1. The van der Waals surface area contributed by atoms with Crippen molar-refractivity contribution in [3.05, 3.63) is 35.9 Å². The zero-order chi connectivity index (χ0) is 26.3. The molecule has 1 aliphatic heterocycles. The zero-order valence-electron chi connectivity index (χ0n) is 22.3. The van der Waals surface area contributed by atoms with E-state index in [-0.39, 0.29) is 30.7 Å². The minimum atomic E-state index is -0.398. The van der Waals surface area contributed by atoms with Gasteiger partial charge in [0.1, 0.15) is 12.4 Å². The van der Waals surface area contributed by atoms with Gasteiger partial charge in [0.2, 0.25) is 0 Å². The summed E-state index contributed by atoms with van der Waals surface area (Å²) in [6.07, 6.45) is 6.27. The van der Waals surface area contributed by atoms with Gasteiger partial charge in [-0.15, -0.1) is 0 Å². The number of rotatable bonds is 10. The van der Waals surface area contributed by atoms with Crippen molar-refractivity contribution in [2.75, 3.05) is 6.54 Å². The molecule has 3 rings (SSSR count). The highest BCUT2D eigenvalue weighted by Crippen LogP contribution is 2.51. The normalized spacial score (nSPS) is 25.9. The second-order valence-corrected chi connectivity index (χ2v) is 11.1. The van der Waals surface area contributed by atoms with Gasteiger partial charge in [-0.25, -0.2) is 10.1 Å². The Bertz CT molecular complexity index is 956. The number of amidine groups is 2. The van der Waals surface area contributed by atoms with Crippen LogP contribution in [0.3, 0.4) is 0 Å². The van der Waals surface area contributed by atoms with Crippen LogP contribution in [-0.2, 0) is 11.3 Å². The van der Waals surface area contributed by atoms with Gasteiger partial charge in [0, 0.05) is 24.5 Å². The fourth-order valence-corrected chi connectivity index (χ4v) is 6.34. The number of alkyl carbamates (subject to hydrolysis) is 1. The molecule has 1 saturated carbocycles. The minimum absolute atomic E-state index is 0.0406. The summed E-state index contributed by atoms with van der Waals surface area (Å²) < 4.78 is 5.31. The predicted octanol–water partition coefficient (Wildman–Crippen LogP) is 6.28. The summed E-state index contributed by atoms with van der Waals surface area (Å²) in [5.41, 5.74) is 1.07. The number of nitriles is 1. The molecule has 0 spiro atoms. The molecule has 1 aliphatic carbocycles. The maximum atomic E-state index is 12.1. The highest BCUT2D eigenvalue weighted by Gasteiger charge is 2.46. The first-order chi connectivity index (χ1) is 17.2. The number of hydrogen-bond acceptors (Lipinski definition) is 5. The molecule has 1 aromatic rings. The number of nitrogens with one attached hydrogen (secondary N) is 3. The molecule has 2 aliphatic rings. The summed E-state index contributed by atoms with van der Waals surface area (Å²) in [6.45, 7) is 9.10. The third-order valence-electron chi connectivity index (χ3n) is 8.60. The summed E-state index contributed by atoms with van der Waals surface area (Å²) in [7, 11) is 0. The van der Waals surface area contributed by atoms with Gasteiger partial charge in [0.15, 0.2) is 0 Å². The number of carbonyl (C=O) groups excluding carboxylic acids is 1. The fraction of sp³-hybridized carbons (Fsp3) is 0.643. The van der Waals surface area contributed by atoms with E-state index in [4.69, 9.17) is 15.6 Å². The molecule has 3 N–H and O–H groups in total. The van der Waals surface area contributed by atoms with Crippen molar-refractivity contribution in [2.24, 2.45) is 11.3 Å². The minimum Gasteiger partial charge on any atom is -0.445 e. The van der Waals surface area contributed by atoms with Crippen molar-refractivity contribution >= 4 is 24.5 Å². The van der Waals surface area contributed by atoms with E-state index < -0.39 is 6.09 Å². The van der Waals surface area contributed by atoms with E-state index in [1.165, 1.54) is 0 Å². The molecule has 8 heteroatoms. The van der Waals surface area contributed by atoms with Crippen molar-refractivity contribution in [2.45, 2.75) is 96.9 Å². The van der Waals surface area contributed by atoms with Crippen LogP contribution in [-0.4, -0.2) is 42.0 Å². The third kappa shape index (κ3) is 6.69. The van der Waals surface area contributed by atoms with Crippen LogP contribution in [0, 0.1) is 33.4 Å². The Morgan fingerprint density at radius 3 is 2.61 bits per heavy atom. The molecule has 2 fully saturated rings. The number of nitrogens with zero attached hydrogens (tertiary/aromatic N) is 2. The molecule has 194 valence electrons. The predicted molar refractivity (Wildman–Crippen MR) is 146 cm³/mol. The molecule has 7 nitrogen and oxygen atoms in total. The number of hydrogen-bond donors (Lipinski definition) is 3. The number of benzene rings is 1. The molecule has 1 amide bonds. The summed E-state index contributed by atoms with van der Waals surface area (Å²) in [5.74, 6) is 4.36. The molecule has 1 aromatic carbocycles. The SMILES string of the molecule is CCC1(CCNC(=O)OCc2ccccc2)CC(C(=N)N(C(C)=N)C(C)CC2CCC(C)B2C#N)C1. The molecule has 0 bridgehead atoms. The van der Waals surface area contributed by atoms with Crippen molar-refractivity contribution in [3.8, 4) is 5.97 Å². The van der Waals surface area contributed by atoms with Crippen molar-refractivity contribution in [3.63, 3.8) is 0 Å². The molecule has 36 heavy (non-hydrogen) atoms. The summed E-state index contributed by atoms with van der Waals surface area (Å²) in [6, 6.07) is 9.68. The van der Waals surface area contributed by atoms with Gasteiger partial charge in [-0.1, -0.05) is 69.3 Å². The van der Waals surface area contributed by atoms with Gasteiger partial charge in [-0.3, -0.25) is 10.8 Å². The zero-order valence-corrected chi connectivity index (χ0v) is 22.3. The van der Waals surface area contributed by atoms with Crippen LogP contribution in [0.5, 0.6) is 0 Å². The van der Waals surface area contributed by atoms with Gasteiger partial charge >= 0.3 is 6.09 Å². The molecule has 0 aromatic heterocycles. The molecular weight excluding hydrogens is 449 g/mol. The molecule has 3 atom stereocenters. The lowest BCUT2D eigenvalue weighted by Gasteiger charge is -2.50. The third-order valence-corrected chi connectivity index (χ3v) is 8.60. The van der Waals surface area contributed by atoms with E-state index in [1.54, 1.807) is 6.92 Å². The molecule has 3 unspecified atom stereocenters. The Morgan fingerprint density at radius 1 is 1.31 bits per heavy atom. The Balaban J connectivity index is 1.47. The number of carbonyl (C=O) groups is 1. The first kappa shape index (κ1) is 27.8. The smallest absolute Gasteiger partial charge is 0.407 e. The number of amides is 1. The largest absolute Gasteiger partial charge is 0.445 e. The Morgan fingerprint density at radius 2 is 2.00 bits per heavy atom. The van der Waals surface area contributed by atoms with Gasteiger partial charge in [-0.05, 0) is 56.3 Å². The first-order valence-electron chi connectivity index (χ1n) is 13.5. The van der Waals surface area contributed by atoms with Crippen LogP contribution < -0.4 is 5.32 Å². The lowest BCUT2D eigenvalue weighted by Crippen LogP contribution is -2.51. The Kier molecular flexibility index (Phi) is 9.59. The highest BCUT2D eigenvalue weighted by atomic mass is 16.5. The number of ether oxygens (including phenoxy) is 1. The van der Waals surface area contributed by atoms with Gasteiger partial charge in [-0.2, -0.15) is 0 Å². The Hall–Kier alpha value is -2.82. The maximum absolute atomic E-state index is 12.1. The standard InChI is InChI=1S/C28H42BN5O2/c1-5-28(13-14-33-27(35)36-18-23-9-7-6-8-10-23)16-24(17-28)26(32)34(22(4)31)21(3)15-25-12-11-20(2)29(25)19-30/h6-10,20-21,24-25,31-32H,5,11-18H2,1-4H3,(H,33,35). The van der Waals surface area contributed by atoms with Gasteiger partial charge in [0.05, 0.1) is 5.84 Å². The molecular formula is C28H42BN5O2. The van der Waals surface area contributed by atoms with Gasteiger partial charge in [0.25, 0.3) is 6.71 Å². The maximum Gasteiger partial charge on any atom is 0.407 e. The average Bonchev–Trinajstić information content (AvgIpc) is 3.18. The van der Waals surface area contributed by atoms with Crippen LogP contribution in [0.25, 0.3) is 0 Å². The van der Waals surface area contributed by atoms with Crippen molar-refractivity contribution < 1.29 is 9.53 Å². The average molecular weight is 491 g/mol. The quantitative estimate of drug-likeness (QED) is 0.203.